The number of anilines is 1. The van der Waals surface area contributed by atoms with Crippen molar-refractivity contribution in [1.82, 2.24) is 4.90 Å². The second-order valence-electron chi connectivity index (χ2n) is 7.18. The van der Waals surface area contributed by atoms with Crippen molar-refractivity contribution in [2.24, 2.45) is 11.8 Å². The van der Waals surface area contributed by atoms with Crippen LogP contribution in [0, 0.1) is 27.8 Å². The van der Waals surface area contributed by atoms with E-state index in [2.05, 4.69) is 6.92 Å². The topological polar surface area (TPSA) is 66.7 Å². The number of carbonyl (C=O) groups excluding carboxylic acids is 1. The van der Waals surface area contributed by atoms with Crippen LogP contribution in [0.15, 0.2) is 18.2 Å². The second-order valence-corrected chi connectivity index (χ2v) is 7.18. The molecule has 136 valence electrons. The monoisotopic (exact) mass is 349 g/mol. The predicted octanol–water partition coefficient (Wildman–Crippen LogP) is 3.21. The minimum Gasteiger partial charge on any atom is -0.366 e. The minimum absolute atomic E-state index is 0.0332. The average molecular weight is 349 g/mol. The van der Waals surface area contributed by atoms with Gasteiger partial charge in [-0.05, 0) is 37.7 Å². The zero-order valence-corrected chi connectivity index (χ0v) is 14.5. The van der Waals surface area contributed by atoms with Crippen molar-refractivity contribution >= 4 is 17.3 Å². The molecule has 1 aromatic rings. The molecule has 1 aromatic carbocycles. The zero-order chi connectivity index (χ0) is 18.0. The van der Waals surface area contributed by atoms with E-state index in [1.165, 1.54) is 18.6 Å². The number of amides is 1. The molecule has 2 aliphatic rings. The van der Waals surface area contributed by atoms with Crippen LogP contribution in [0.25, 0.3) is 0 Å². The van der Waals surface area contributed by atoms with Gasteiger partial charge in [-0.25, -0.2) is 4.39 Å². The van der Waals surface area contributed by atoms with Crippen molar-refractivity contribution in [2.75, 3.05) is 31.1 Å². The third-order valence-electron chi connectivity index (χ3n) is 5.29. The maximum Gasteiger partial charge on any atom is 0.292 e. The van der Waals surface area contributed by atoms with Crippen molar-refractivity contribution in [3.8, 4) is 0 Å². The lowest BCUT2D eigenvalue weighted by molar-refractivity contribution is -0.384. The van der Waals surface area contributed by atoms with Gasteiger partial charge in [0.15, 0.2) is 0 Å². The highest BCUT2D eigenvalue weighted by molar-refractivity contribution is 5.79. The van der Waals surface area contributed by atoms with Gasteiger partial charge < -0.3 is 9.80 Å². The Hall–Kier alpha value is -2.18. The molecule has 0 radical (unpaired) electrons. The minimum atomic E-state index is -0.485. The first-order valence-electron chi connectivity index (χ1n) is 8.93. The number of nitro benzene ring substituents is 1. The smallest absolute Gasteiger partial charge is 0.292 e. The maximum atomic E-state index is 13.5. The highest BCUT2D eigenvalue weighted by atomic mass is 19.1. The number of carbonyl (C=O) groups is 1. The van der Waals surface area contributed by atoms with Crippen LogP contribution < -0.4 is 4.90 Å². The summed E-state index contributed by atoms with van der Waals surface area (Å²) < 4.78 is 13.5. The molecular weight excluding hydrogens is 325 g/mol. The molecule has 3 rings (SSSR count). The molecule has 0 bridgehead atoms. The van der Waals surface area contributed by atoms with Gasteiger partial charge in [0.25, 0.3) is 5.69 Å². The van der Waals surface area contributed by atoms with E-state index in [-0.39, 0.29) is 17.5 Å². The first-order valence-corrected chi connectivity index (χ1v) is 8.93. The summed E-state index contributed by atoms with van der Waals surface area (Å²) in [5.41, 5.74) is 0.221. The maximum absolute atomic E-state index is 13.5. The first kappa shape index (κ1) is 17.6. The molecule has 0 spiro atoms. The molecule has 25 heavy (non-hydrogen) atoms. The van der Waals surface area contributed by atoms with Gasteiger partial charge in [0.1, 0.15) is 11.5 Å². The summed E-state index contributed by atoms with van der Waals surface area (Å²) in [6.45, 7) is 4.90. The zero-order valence-electron chi connectivity index (χ0n) is 14.5. The molecule has 0 aromatic heterocycles. The Morgan fingerprint density at radius 1 is 1.24 bits per heavy atom. The normalized spacial score (nSPS) is 22.1. The van der Waals surface area contributed by atoms with Gasteiger partial charge in [-0.2, -0.15) is 0 Å². The standard InChI is InChI=1S/C18H24FN3O3/c1-13-3-2-8-21(12-13)18(23)14-6-9-20(10-7-14)17-11-15(19)4-5-16(17)22(24)25/h4-5,11,13-14H,2-3,6-10,12H2,1H3. The number of nitro groups is 1. The molecule has 2 heterocycles. The lowest BCUT2D eigenvalue weighted by atomic mass is 9.92. The van der Waals surface area contributed by atoms with Crippen molar-refractivity contribution < 1.29 is 14.1 Å². The summed E-state index contributed by atoms with van der Waals surface area (Å²) in [6, 6.07) is 3.53. The van der Waals surface area contributed by atoms with Gasteiger partial charge in [0.2, 0.25) is 5.91 Å². The van der Waals surface area contributed by atoms with Crippen LogP contribution in [-0.4, -0.2) is 41.9 Å². The van der Waals surface area contributed by atoms with Gasteiger partial charge in [-0.3, -0.25) is 14.9 Å². The van der Waals surface area contributed by atoms with Crippen LogP contribution in [-0.2, 0) is 4.79 Å². The van der Waals surface area contributed by atoms with Gasteiger partial charge >= 0.3 is 0 Å². The fraction of sp³-hybridized carbons (Fsp3) is 0.611. The Morgan fingerprint density at radius 3 is 2.60 bits per heavy atom. The molecule has 1 unspecified atom stereocenters. The Kier molecular flexibility index (Phi) is 5.20. The van der Waals surface area contributed by atoms with Crippen molar-refractivity contribution in [3.05, 3.63) is 34.1 Å². The number of hydrogen-bond donors (Lipinski definition) is 0. The van der Waals surface area contributed by atoms with Crippen molar-refractivity contribution in [2.45, 2.75) is 32.6 Å². The number of halogens is 1. The fourth-order valence-electron chi connectivity index (χ4n) is 3.92. The molecule has 2 fully saturated rings. The number of likely N-dealkylation sites (tertiary alicyclic amines) is 1. The summed E-state index contributed by atoms with van der Waals surface area (Å²) in [5, 5.41) is 11.2. The highest BCUT2D eigenvalue weighted by Crippen LogP contribution is 2.33. The summed E-state index contributed by atoms with van der Waals surface area (Å²) >= 11 is 0. The molecular formula is C18H24FN3O3. The summed E-state index contributed by atoms with van der Waals surface area (Å²) in [4.78, 5) is 27.2. The van der Waals surface area contributed by atoms with Crippen LogP contribution in [0.1, 0.15) is 32.6 Å². The summed E-state index contributed by atoms with van der Waals surface area (Å²) in [5.74, 6) is 0.239. The van der Waals surface area contributed by atoms with Crippen LogP contribution in [0.4, 0.5) is 15.8 Å². The number of piperidine rings is 2. The molecule has 7 heteroatoms. The highest BCUT2D eigenvalue weighted by Gasteiger charge is 2.32. The van der Waals surface area contributed by atoms with Crippen molar-refractivity contribution in [1.29, 1.82) is 0 Å². The summed E-state index contributed by atoms with van der Waals surface area (Å²) in [6.07, 6.45) is 3.53. The molecule has 1 atom stereocenters. The van der Waals surface area contributed by atoms with Gasteiger partial charge in [-0.1, -0.05) is 6.92 Å². The van der Waals surface area contributed by atoms with E-state index in [1.807, 2.05) is 9.80 Å². The van der Waals surface area contributed by atoms with Gasteiger partial charge in [0, 0.05) is 44.2 Å². The van der Waals surface area contributed by atoms with Crippen LogP contribution in [0.5, 0.6) is 0 Å². The molecule has 2 aliphatic heterocycles. The Labute approximate surface area is 146 Å². The largest absolute Gasteiger partial charge is 0.366 e. The third-order valence-corrected chi connectivity index (χ3v) is 5.29. The van der Waals surface area contributed by atoms with Crippen LogP contribution in [0.2, 0.25) is 0 Å². The van der Waals surface area contributed by atoms with E-state index in [1.54, 1.807) is 0 Å². The van der Waals surface area contributed by atoms with E-state index in [0.29, 0.717) is 37.5 Å². The number of benzene rings is 1. The SMILES string of the molecule is CC1CCCN(C(=O)C2CCN(c3cc(F)ccc3[N+](=O)[O-])CC2)C1. The van der Waals surface area contributed by atoms with E-state index >= 15 is 0 Å². The van der Waals surface area contributed by atoms with Gasteiger partial charge in [0.05, 0.1) is 4.92 Å². The Bertz CT molecular complexity index is 659. The first-order chi connectivity index (χ1) is 12.0. The Balaban J connectivity index is 1.65. The van der Waals surface area contributed by atoms with Crippen LogP contribution in [0.3, 0.4) is 0 Å². The molecule has 0 N–H and O–H groups in total. The molecule has 1 amide bonds. The van der Waals surface area contributed by atoms with E-state index in [4.69, 9.17) is 0 Å². The molecule has 0 aliphatic carbocycles. The second kappa shape index (κ2) is 7.37. The molecule has 2 saturated heterocycles. The molecule has 0 saturated carbocycles. The lowest BCUT2D eigenvalue weighted by Crippen LogP contribution is -2.46. The van der Waals surface area contributed by atoms with Crippen molar-refractivity contribution in [3.63, 3.8) is 0 Å². The van der Waals surface area contributed by atoms with E-state index < -0.39 is 10.7 Å². The molecule has 6 nitrogen and oxygen atoms in total. The van der Waals surface area contributed by atoms with E-state index in [0.717, 1.165) is 25.6 Å². The van der Waals surface area contributed by atoms with Gasteiger partial charge in [-0.15, -0.1) is 0 Å². The Morgan fingerprint density at radius 2 is 1.96 bits per heavy atom. The quantitative estimate of drug-likeness (QED) is 0.621. The fourth-order valence-corrected chi connectivity index (χ4v) is 3.92. The third kappa shape index (κ3) is 3.91. The van der Waals surface area contributed by atoms with Crippen LogP contribution >= 0.6 is 0 Å². The van der Waals surface area contributed by atoms with E-state index in [9.17, 15) is 19.3 Å². The summed E-state index contributed by atoms with van der Waals surface area (Å²) in [7, 11) is 0. The average Bonchev–Trinajstić information content (AvgIpc) is 2.61. The lowest BCUT2D eigenvalue weighted by Gasteiger charge is -2.37. The number of nitrogens with zero attached hydrogens (tertiary/aromatic N) is 3. The number of hydrogen-bond acceptors (Lipinski definition) is 4. The predicted molar refractivity (Wildman–Crippen MR) is 93.0 cm³/mol. The number of rotatable bonds is 3.